The molecule has 7 heteroatoms. The number of nitrogens with zero attached hydrogens (tertiary/aromatic N) is 2. The number of rotatable bonds is 6. The highest BCUT2D eigenvalue weighted by Gasteiger charge is 2.34. The molecule has 1 atom stereocenters. The molecule has 0 radical (unpaired) electrons. The van der Waals surface area contributed by atoms with Crippen molar-refractivity contribution in [2.75, 3.05) is 12.4 Å². The van der Waals surface area contributed by atoms with Crippen molar-refractivity contribution in [1.82, 2.24) is 9.88 Å². The smallest absolute Gasteiger partial charge is 0.249 e. The van der Waals surface area contributed by atoms with Crippen molar-refractivity contribution >= 4 is 28.3 Å². The molecule has 3 rings (SSSR count). The van der Waals surface area contributed by atoms with Crippen LogP contribution < -0.4 is 5.32 Å². The lowest BCUT2D eigenvalue weighted by atomic mass is 9.92. The number of fused-ring (bicyclic) bond motifs is 1. The van der Waals surface area contributed by atoms with Crippen LogP contribution >= 0.6 is 11.3 Å². The number of carbonyl (C=O) groups excluding carboxylic acids is 2. The molecule has 0 saturated carbocycles. The summed E-state index contributed by atoms with van der Waals surface area (Å²) in [5.41, 5.74) is 2.22. The maximum absolute atomic E-state index is 13.0. The first kappa shape index (κ1) is 19.5. The zero-order valence-electron chi connectivity index (χ0n) is 15.9. The van der Waals surface area contributed by atoms with Crippen molar-refractivity contribution in [2.45, 2.75) is 45.9 Å². The predicted octanol–water partition coefficient (Wildman–Crippen LogP) is 3.23. The highest BCUT2D eigenvalue weighted by Crippen LogP contribution is 2.26. The Labute approximate surface area is 163 Å². The number of methoxy groups -OCH3 is 1. The normalized spacial score (nSPS) is 16.3. The van der Waals surface area contributed by atoms with E-state index in [1.54, 1.807) is 18.2 Å². The SMILES string of the molecule is COCc1cnc(NC(=O)C2Cc3ccccc3CN2C(=O)CC(C)C)s1. The maximum Gasteiger partial charge on any atom is 0.249 e. The monoisotopic (exact) mass is 387 g/mol. The lowest BCUT2D eigenvalue weighted by Gasteiger charge is -2.36. The van der Waals surface area contributed by atoms with E-state index in [0.29, 0.717) is 31.1 Å². The van der Waals surface area contributed by atoms with Crippen LogP contribution in [0, 0.1) is 5.92 Å². The van der Waals surface area contributed by atoms with Crippen molar-refractivity contribution in [3.05, 3.63) is 46.5 Å². The number of amides is 2. The fourth-order valence-electron chi connectivity index (χ4n) is 3.25. The van der Waals surface area contributed by atoms with Gasteiger partial charge in [-0.15, -0.1) is 0 Å². The minimum absolute atomic E-state index is 0.0128. The fourth-order valence-corrected chi connectivity index (χ4v) is 4.04. The maximum atomic E-state index is 13.0. The summed E-state index contributed by atoms with van der Waals surface area (Å²) in [4.78, 5) is 32.7. The van der Waals surface area contributed by atoms with Gasteiger partial charge in [-0.3, -0.25) is 9.59 Å². The number of aromatic nitrogens is 1. The van der Waals surface area contributed by atoms with Gasteiger partial charge in [0.1, 0.15) is 6.04 Å². The molecular weight excluding hydrogens is 362 g/mol. The van der Waals surface area contributed by atoms with Crippen molar-refractivity contribution in [3.8, 4) is 0 Å². The Bertz CT molecular complexity index is 818. The molecule has 0 spiro atoms. The summed E-state index contributed by atoms with van der Waals surface area (Å²) in [6.07, 6.45) is 2.64. The van der Waals surface area contributed by atoms with E-state index in [9.17, 15) is 9.59 Å². The highest BCUT2D eigenvalue weighted by atomic mass is 32.1. The van der Waals surface area contributed by atoms with Gasteiger partial charge >= 0.3 is 0 Å². The van der Waals surface area contributed by atoms with Crippen molar-refractivity contribution in [1.29, 1.82) is 0 Å². The lowest BCUT2D eigenvalue weighted by Crippen LogP contribution is -2.50. The molecule has 6 nitrogen and oxygen atoms in total. The third-order valence-corrected chi connectivity index (χ3v) is 5.41. The summed E-state index contributed by atoms with van der Waals surface area (Å²) in [6, 6.07) is 7.46. The van der Waals surface area contributed by atoms with E-state index in [4.69, 9.17) is 4.74 Å². The molecule has 0 aliphatic carbocycles. The number of anilines is 1. The van der Waals surface area contributed by atoms with Crippen LogP contribution in [0.15, 0.2) is 30.5 Å². The van der Waals surface area contributed by atoms with Gasteiger partial charge in [0.2, 0.25) is 11.8 Å². The van der Waals surface area contributed by atoms with Gasteiger partial charge in [0, 0.05) is 32.7 Å². The Balaban J connectivity index is 1.80. The average molecular weight is 388 g/mol. The van der Waals surface area contributed by atoms with Gasteiger partial charge in [0.15, 0.2) is 5.13 Å². The van der Waals surface area contributed by atoms with Gasteiger partial charge in [0.05, 0.1) is 11.5 Å². The van der Waals surface area contributed by atoms with E-state index in [2.05, 4.69) is 10.3 Å². The van der Waals surface area contributed by atoms with Crippen molar-refractivity contribution in [2.24, 2.45) is 5.92 Å². The summed E-state index contributed by atoms with van der Waals surface area (Å²) in [7, 11) is 1.62. The average Bonchev–Trinajstić information content (AvgIpc) is 3.07. The lowest BCUT2D eigenvalue weighted by molar-refractivity contribution is -0.140. The van der Waals surface area contributed by atoms with E-state index < -0.39 is 6.04 Å². The molecule has 1 aromatic heterocycles. The van der Waals surface area contributed by atoms with Gasteiger partial charge in [-0.25, -0.2) is 4.98 Å². The van der Waals surface area contributed by atoms with Crippen molar-refractivity contribution in [3.63, 3.8) is 0 Å². The minimum atomic E-state index is -0.527. The van der Waals surface area contributed by atoms with Crippen molar-refractivity contribution < 1.29 is 14.3 Å². The standard InChI is InChI=1S/C20H25N3O3S/c1-13(2)8-18(24)23-11-15-7-5-4-6-14(15)9-17(23)19(25)22-20-21-10-16(27-20)12-26-3/h4-7,10,13,17H,8-9,11-12H2,1-3H3,(H,21,22,25). The zero-order valence-corrected chi connectivity index (χ0v) is 16.7. The van der Waals surface area contributed by atoms with Gasteiger partial charge in [-0.1, -0.05) is 49.4 Å². The molecule has 1 aliphatic heterocycles. The number of ether oxygens (including phenoxy) is 1. The number of thiazole rings is 1. The van der Waals surface area contributed by atoms with Gasteiger partial charge < -0.3 is 15.0 Å². The first-order chi connectivity index (χ1) is 13.0. The zero-order chi connectivity index (χ0) is 19.4. The topological polar surface area (TPSA) is 71.5 Å². The van der Waals surface area contributed by atoms with Crippen LogP contribution in [0.3, 0.4) is 0 Å². The molecular formula is C20H25N3O3S. The number of hydrogen-bond donors (Lipinski definition) is 1. The van der Waals surface area contributed by atoms with E-state index in [0.717, 1.165) is 16.0 Å². The largest absolute Gasteiger partial charge is 0.379 e. The molecule has 1 N–H and O–H groups in total. The second-order valence-electron chi connectivity index (χ2n) is 7.16. The van der Waals surface area contributed by atoms with Crippen LogP contribution in [-0.2, 0) is 33.9 Å². The third-order valence-electron chi connectivity index (χ3n) is 4.52. The fraction of sp³-hybridized carbons (Fsp3) is 0.450. The Hall–Kier alpha value is -2.25. The highest BCUT2D eigenvalue weighted by molar-refractivity contribution is 7.15. The molecule has 1 aliphatic rings. The van der Waals surface area contributed by atoms with Crippen LogP contribution in [-0.4, -0.2) is 34.8 Å². The van der Waals surface area contributed by atoms with Crippen LogP contribution in [0.2, 0.25) is 0 Å². The Kier molecular flexibility index (Phi) is 6.23. The summed E-state index contributed by atoms with van der Waals surface area (Å²) in [5.74, 6) is 0.0627. The van der Waals surface area contributed by atoms with Gasteiger partial charge in [-0.2, -0.15) is 0 Å². The van der Waals surface area contributed by atoms with E-state index >= 15 is 0 Å². The van der Waals surface area contributed by atoms with Crippen LogP contribution in [0.5, 0.6) is 0 Å². The van der Waals surface area contributed by atoms with Gasteiger partial charge in [-0.05, 0) is 17.0 Å². The molecule has 1 unspecified atom stereocenters. The first-order valence-electron chi connectivity index (χ1n) is 9.08. The molecule has 27 heavy (non-hydrogen) atoms. The molecule has 0 saturated heterocycles. The third kappa shape index (κ3) is 4.73. The predicted molar refractivity (Wildman–Crippen MR) is 105 cm³/mol. The second-order valence-corrected chi connectivity index (χ2v) is 8.28. The second kappa shape index (κ2) is 8.63. The Morgan fingerprint density at radius 2 is 2.07 bits per heavy atom. The Morgan fingerprint density at radius 3 is 2.78 bits per heavy atom. The number of carbonyl (C=O) groups is 2. The summed E-state index contributed by atoms with van der Waals surface area (Å²) in [5, 5.41) is 3.41. The summed E-state index contributed by atoms with van der Waals surface area (Å²) < 4.78 is 5.09. The van der Waals surface area contributed by atoms with Crippen LogP contribution in [0.4, 0.5) is 5.13 Å². The van der Waals surface area contributed by atoms with E-state index in [1.165, 1.54) is 11.3 Å². The molecule has 2 amide bonds. The van der Waals surface area contributed by atoms with Gasteiger partial charge in [0.25, 0.3) is 0 Å². The van der Waals surface area contributed by atoms with Crippen LogP contribution in [0.25, 0.3) is 0 Å². The van der Waals surface area contributed by atoms with Crippen LogP contribution in [0.1, 0.15) is 36.3 Å². The number of nitrogens with one attached hydrogen (secondary N) is 1. The molecule has 0 bridgehead atoms. The quantitative estimate of drug-likeness (QED) is 0.826. The summed E-state index contributed by atoms with van der Waals surface area (Å²) in [6.45, 7) is 4.95. The molecule has 0 fully saturated rings. The molecule has 1 aromatic carbocycles. The summed E-state index contributed by atoms with van der Waals surface area (Å²) >= 11 is 1.38. The van der Waals surface area contributed by atoms with E-state index in [1.807, 2.05) is 38.1 Å². The molecule has 2 aromatic rings. The molecule has 2 heterocycles. The molecule has 144 valence electrons. The number of hydrogen-bond acceptors (Lipinski definition) is 5. The number of benzene rings is 1. The Morgan fingerprint density at radius 1 is 1.33 bits per heavy atom. The first-order valence-corrected chi connectivity index (χ1v) is 9.90. The van der Waals surface area contributed by atoms with E-state index in [-0.39, 0.29) is 17.7 Å². The minimum Gasteiger partial charge on any atom is -0.379 e.